The zero-order valence-electron chi connectivity index (χ0n) is 10.9. The van der Waals surface area contributed by atoms with Gasteiger partial charge < -0.3 is 14.5 Å². The summed E-state index contributed by atoms with van der Waals surface area (Å²) in [6.07, 6.45) is 1.10. The Kier molecular flexibility index (Phi) is 4.10. The molecule has 1 N–H and O–H groups in total. The number of rotatable bonds is 3. The van der Waals surface area contributed by atoms with Crippen molar-refractivity contribution < 1.29 is 13.9 Å². The second kappa shape index (κ2) is 5.79. The molecule has 104 valence electrons. The van der Waals surface area contributed by atoms with Gasteiger partial charge in [0.2, 0.25) is 11.2 Å². The number of halogens is 1. The zero-order valence-corrected chi connectivity index (χ0v) is 11.7. The average Bonchev–Trinajstić information content (AvgIpc) is 2.43. The number of anilines is 1. The molecule has 0 aliphatic rings. The largest absolute Gasteiger partial charge is 0.490 e. The third-order valence-electron chi connectivity index (χ3n) is 2.76. The minimum absolute atomic E-state index is 0.0421. The van der Waals surface area contributed by atoms with E-state index in [1.54, 1.807) is 25.1 Å². The van der Waals surface area contributed by atoms with Crippen LogP contribution in [-0.2, 0) is 0 Å². The molecular weight excluding hydrogens is 282 g/mol. The minimum Gasteiger partial charge on any atom is -0.490 e. The number of benzene rings is 1. The summed E-state index contributed by atoms with van der Waals surface area (Å²) in [6.45, 7) is 1.78. The van der Waals surface area contributed by atoms with E-state index in [2.05, 4.69) is 5.32 Å². The number of methoxy groups -OCH3 is 1. The lowest BCUT2D eigenvalue weighted by Gasteiger charge is -2.08. The number of nitrogens with one attached hydrogen (secondary N) is 1. The van der Waals surface area contributed by atoms with Gasteiger partial charge in [-0.2, -0.15) is 0 Å². The van der Waals surface area contributed by atoms with Crippen LogP contribution in [0.1, 0.15) is 16.1 Å². The normalized spacial score (nSPS) is 10.2. The monoisotopic (exact) mass is 293 g/mol. The van der Waals surface area contributed by atoms with Crippen molar-refractivity contribution in [3.05, 3.63) is 57.1 Å². The maximum absolute atomic E-state index is 12.0. The molecule has 0 spiro atoms. The van der Waals surface area contributed by atoms with Crippen molar-refractivity contribution in [1.29, 1.82) is 0 Å². The second-order valence-corrected chi connectivity index (χ2v) is 4.45. The highest BCUT2D eigenvalue weighted by molar-refractivity contribution is 6.31. The van der Waals surface area contributed by atoms with Gasteiger partial charge in [0.05, 0.1) is 7.11 Å². The van der Waals surface area contributed by atoms with Crippen LogP contribution in [0.5, 0.6) is 5.75 Å². The fourth-order valence-corrected chi connectivity index (χ4v) is 1.77. The molecule has 1 heterocycles. The molecular formula is C14H12ClNO4. The molecule has 0 atom stereocenters. The molecule has 0 fully saturated rings. The number of carbonyl (C=O) groups is 1. The highest BCUT2D eigenvalue weighted by Crippen LogP contribution is 2.23. The topological polar surface area (TPSA) is 68.5 Å². The first kappa shape index (κ1) is 14.1. The predicted molar refractivity (Wildman–Crippen MR) is 75.7 cm³/mol. The summed E-state index contributed by atoms with van der Waals surface area (Å²) in [6, 6.07) is 6.23. The highest BCUT2D eigenvalue weighted by Gasteiger charge is 2.13. The Morgan fingerprint density at radius 3 is 2.80 bits per heavy atom. The van der Waals surface area contributed by atoms with Gasteiger partial charge in [-0.15, -0.1) is 0 Å². The molecule has 0 saturated heterocycles. The van der Waals surface area contributed by atoms with Crippen LogP contribution in [0.2, 0.25) is 5.02 Å². The summed E-state index contributed by atoms with van der Waals surface area (Å²) in [4.78, 5) is 23.6. The van der Waals surface area contributed by atoms with Crippen molar-refractivity contribution in [1.82, 2.24) is 0 Å². The molecule has 20 heavy (non-hydrogen) atoms. The summed E-state index contributed by atoms with van der Waals surface area (Å²) in [5, 5.41) is 3.18. The number of hydrogen-bond donors (Lipinski definition) is 1. The maximum Gasteiger partial charge on any atom is 0.291 e. The van der Waals surface area contributed by atoms with Gasteiger partial charge in [-0.1, -0.05) is 17.7 Å². The van der Waals surface area contributed by atoms with E-state index in [4.69, 9.17) is 20.8 Å². The fraction of sp³-hybridized carbons (Fsp3) is 0.143. The standard InChI is InChI=1S/C14H12ClNO4/c1-8-9(15)4-3-5-10(8)16-14(18)12-6-11(17)13(19-2)7-20-12/h3-7H,1-2H3,(H,16,18). The van der Waals surface area contributed by atoms with Gasteiger partial charge >= 0.3 is 0 Å². The van der Waals surface area contributed by atoms with Crippen molar-refractivity contribution >= 4 is 23.2 Å². The van der Waals surface area contributed by atoms with Crippen molar-refractivity contribution in [2.45, 2.75) is 6.92 Å². The highest BCUT2D eigenvalue weighted by atomic mass is 35.5. The van der Waals surface area contributed by atoms with Gasteiger partial charge in [0.1, 0.15) is 6.26 Å². The summed E-state index contributed by atoms with van der Waals surface area (Å²) >= 11 is 5.97. The van der Waals surface area contributed by atoms with Crippen LogP contribution in [0.4, 0.5) is 5.69 Å². The predicted octanol–water partition coefficient (Wildman–Crippen LogP) is 2.86. The lowest BCUT2D eigenvalue weighted by Crippen LogP contribution is -2.15. The fourth-order valence-electron chi connectivity index (χ4n) is 1.59. The molecule has 5 nitrogen and oxygen atoms in total. The van der Waals surface area contributed by atoms with E-state index in [0.717, 1.165) is 17.9 Å². The molecule has 0 radical (unpaired) electrons. The van der Waals surface area contributed by atoms with E-state index in [0.29, 0.717) is 10.7 Å². The van der Waals surface area contributed by atoms with Crippen molar-refractivity contribution in [2.75, 3.05) is 12.4 Å². The molecule has 2 aromatic rings. The van der Waals surface area contributed by atoms with E-state index in [1.165, 1.54) is 7.11 Å². The van der Waals surface area contributed by atoms with Crippen molar-refractivity contribution in [3.63, 3.8) is 0 Å². The van der Waals surface area contributed by atoms with Gasteiger partial charge in [0.15, 0.2) is 5.76 Å². The van der Waals surface area contributed by atoms with Crippen LogP contribution in [0.25, 0.3) is 0 Å². The molecule has 0 unspecified atom stereocenters. The SMILES string of the molecule is COc1coc(C(=O)Nc2cccc(Cl)c2C)cc1=O. The van der Waals surface area contributed by atoms with Crippen LogP contribution >= 0.6 is 11.6 Å². The molecule has 0 saturated carbocycles. The number of hydrogen-bond acceptors (Lipinski definition) is 4. The number of carbonyl (C=O) groups excluding carboxylic acids is 1. The number of ether oxygens (including phenoxy) is 1. The first-order valence-electron chi connectivity index (χ1n) is 5.76. The molecule has 0 aliphatic heterocycles. The smallest absolute Gasteiger partial charge is 0.291 e. The van der Waals surface area contributed by atoms with E-state index < -0.39 is 11.3 Å². The Labute approximate surface area is 120 Å². The van der Waals surface area contributed by atoms with Crippen molar-refractivity contribution in [3.8, 4) is 5.75 Å². The minimum atomic E-state index is -0.532. The first-order valence-corrected chi connectivity index (χ1v) is 6.14. The Morgan fingerprint density at radius 2 is 2.15 bits per heavy atom. The molecule has 0 aliphatic carbocycles. The van der Waals surface area contributed by atoms with Crippen LogP contribution in [0, 0.1) is 6.92 Å². The maximum atomic E-state index is 12.0. The molecule has 1 amide bonds. The zero-order chi connectivity index (χ0) is 14.7. The van der Waals surface area contributed by atoms with E-state index in [-0.39, 0.29) is 11.5 Å². The van der Waals surface area contributed by atoms with Crippen LogP contribution in [-0.4, -0.2) is 13.0 Å². The Morgan fingerprint density at radius 1 is 1.40 bits per heavy atom. The Hall–Kier alpha value is -2.27. The Bertz CT molecular complexity index is 709. The lowest BCUT2D eigenvalue weighted by atomic mass is 10.2. The number of amides is 1. The second-order valence-electron chi connectivity index (χ2n) is 4.04. The van der Waals surface area contributed by atoms with E-state index in [9.17, 15) is 9.59 Å². The summed E-state index contributed by atoms with van der Waals surface area (Å²) in [5.74, 6) is -0.592. The lowest BCUT2D eigenvalue weighted by molar-refractivity contribution is 0.0993. The van der Waals surface area contributed by atoms with Gasteiger partial charge in [0, 0.05) is 16.8 Å². The average molecular weight is 294 g/mol. The molecule has 0 bridgehead atoms. The van der Waals surface area contributed by atoms with Gasteiger partial charge in [0.25, 0.3) is 5.91 Å². The molecule has 2 rings (SSSR count). The van der Waals surface area contributed by atoms with Crippen LogP contribution < -0.4 is 15.5 Å². The third-order valence-corrected chi connectivity index (χ3v) is 3.17. The summed E-state index contributed by atoms with van der Waals surface area (Å²) < 4.78 is 9.84. The van der Waals surface area contributed by atoms with Crippen molar-refractivity contribution in [2.24, 2.45) is 0 Å². The van der Waals surface area contributed by atoms with E-state index >= 15 is 0 Å². The molecule has 1 aromatic carbocycles. The molecule has 6 heteroatoms. The summed E-state index contributed by atoms with van der Waals surface area (Å²) in [5.41, 5.74) is 0.867. The van der Waals surface area contributed by atoms with Gasteiger partial charge in [-0.3, -0.25) is 9.59 Å². The summed E-state index contributed by atoms with van der Waals surface area (Å²) in [7, 11) is 1.35. The van der Waals surface area contributed by atoms with Crippen LogP contribution in [0.3, 0.4) is 0 Å². The molecule has 1 aromatic heterocycles. The Balaban J connectivity index is 2.26. The van der Waals surface area contributed by atoms with Gasteiger partial charge in [-0.05, 0) is 24.6 Å². The third kappa shape index (κ3) is 2.83. The quantitative estimate of drug-likeness (QED) is 0.945. The van der Waals surface area contributed by atoms with E-state index in [1.807, 2.05) is 0 Å². The van der Waals surface area contributed by atoms with Crippen LogP contribution in [0.15, 0.2) is 39.7 Å². The van der Waals surface area contributed by atoms with Gasteiger partial charge in [-0.25, -0.2) is 0 Å². The first-order chi connectivity index (χ1) is 9.52.